The maximum atomic E-state index is 5.98. The molecule has 1 aromatic rings. The van der Waals surface area contributed by atoms with Crippen LogP contribution in [0.15, 0.2) is 30.3 Å². The van der Waals surface area contributed by atoms with E-state index < -0.39 is 0 Å². The summed E-state index contributed by atoms with van der Waals surface area (Å²) in [6.45, 7) is 11.7. The van der Waals surface area contributed by atoms with Crippen LogP contribution in [0.5, 0.6) is 0 Å². The number of rotatable bonds is 10. The van der Waals surface area contributed by atoms with Crippen molar-refractivity contribution in [2.45, 2.75) is 39.2 Å². The Kier molecular flexibility index (Phi) is 7.82. The van der Waals surface area contributed by atoms with Crippen LogP contribution >= 0.6 is 0 Å². The van der Waals surface area contributed by atoms with Gasteiger partial charge in [-0.1, -0.05) is 44.2 Å². The lowest BCUT2D eigenvalue weighted by atomic mass is 9.93. The van der Waals surface area contributed by atoms with Gasteiger partial charge in [0, 0.05) is 25.2 Å². The number of aryl methyl sites for hydroxylation is 1. The van der Waals surface area contributed by atoms with Gasteiger partial charge in [0.25, 0.3) is 0 Å². The molecular formula is C17H31N3. The van der Waals surface area contributed by atoms with Gasteiger partial charge in [0.15, 0.2) is 0 Å². The number of likely N-dealkylation sites (N-methyl/N-ethyl adjacent to an activating group) is 1. The summed E-state index contributed by atoms with van der Waals surface area (Å²) in [6.07, 6.45) is 2.15. The summed E-state index contributed by atoms with van der Waals surface area (Å²) in [7, 11) is 0. The third-order valence-electron chi connectivity index (χ3n) is 4.13. The van der Waals surface area contributed by atoms with E-state index in [0.717, 1.165) is 39.0 Å². The summed E-state index contributed by atoms with van der Waals surface area (Å²) in [5.74, 6) is 0. The first-order valence-corrected chi connectivity index (χ1v) is 7.85. The Balaban J connectivity index is 2.38. The van der Waals surface area contributed by atoms with Crippen molar-refractivity contribution >= 4 is 0 Å². The van der Waals surface area contributed by atoms with Crippen LogP contribution < -0.4 is 11.1 Å². The Morgan fingerprint density at radius 2 is 1.80 bits per heavy atom. The Hall–Kier alpha value is -0.900. The fourth-order valence-electron chi connectivity index (χ4n) is 2.38. The van der Waals surface area contributed by atoms with Gasteiger partial charge in [-0.25, -0.2) is 0 Å². The number of nitrogens with one attached hydrogen (secondary N) is 1. The molecule has 1 atom stereocenters. The van der Waals surface area contributed by atoms with Gasteiger partial charge in [-0.05, 0) is 38.4 Å². The Morgan fingerprint density at radius 1 is 1.15 bits per heavy atom. The molecular weight excluding hydrogens is 246 g/mol. The molecule has 1 rings (SSSR count). The normalized spacial score (nSPS) is 14.4. The average Bonchev–Trinajstić information content (AvgIpc) is 2.51. The van der Waals surface area contributed by atoms with Gasteiger partial charge in [0.05, 0.1) is 0 Å². The molecule has 0 aliphatic heterocycles. The van der Waals surface area contributed by atoms with Crippen molar-refractivity contribution in [1.82, 2.24) is 10.2 Å². The molecule has 3 heteroatoms. The second kappa shape index (κ2) is 9.11. The number of nitrogens with two attached hydrogens (primary N) is 1. The van der Waals surface area contributed by atoms with Crippen LogP contribution in [0.2, 0.25) is 0 Å². The van der Waals surface area contributed by atoms with E-state index in [0.29, 0.717) is 6.54 Å². The molecule has 3 N–H and O–H groups in total. The summed E-state index contributed by atoms with van der Waals surface area (Å²) >= 11 is 0. The molecule has 0 bridgehead atoms. The number of hydrogen-bond acceptors (Lipinski definition) is 3. The highest BCUT2D eigenvalue weighted by Gasteiger charge is 2.21. The van der Waals surface area contributed by atoms with E-state index in [9.17, 15) is 0 Å². The summed E-state index contributed by atoms with van der Waals surface area (Å²) in [5.41, 5.74) is 7.39. The van der Waals surface area contributed by atoms with E-state index in [2.05, 4.69) is 61.3 Å². The van der Waals surface area contributed by atoms with Crippen LogP contribution in [0.4, 0.5) is 0 Å². The van der Waals surface area contributed by atoms with Gasteiger partial charge in [-0.15, -0.1) is 0 Å². The molecule has 0 heterocycles. The standard InChI is InChI=1S/C17H31N3/c1-4-20(5-2)14-13-19-17(3,15-18)12-11-16-9-7-6-8-10-16/h6-10,19H,4-5,11-15,18H2,1-3H3. The highest BCUT2D eigenvalue weighted by Crippen LogP contribution is 2.13. The van der Waals surface area contributed by atoms with Crippen molar-refractivity contribution in [3.8, 4) is 0 Å². The Morgan fingerprint density at radius 3 is 2.35 bits per heavy atom. The Labute approximate surface area is 124 Å². The molecule has 0 aliphatic carbocycles. The van der Waals surface area contributed by atoms with E-state index >= 15 is 0 Å². The highest BCUT2D eigenvalue weighted by atomic mass is 15.1. The van der Waals surface area contributed by atoms with Crippen molar-refractivity contribution in [3.63, 3.8) is 0 Å². The minimum atomic E-state index is 0.0307. The van der Waals surface area contributed by atoms with Crippen LogP contribution in [0.25, 0.3) is 0 Å². The molecule has 0 saturated carbocycles. The summed E-state index contributed by atoms with van der Waals surface area (Å²) in [4.78, 5) is 2.43. The quantitative estimate of drug-likeness (QED) is 0.689. The van der Waals surface area contributed by atoms with Gasteiger partial charge < -0.3 is 16.0 Å². The van der Waals surface area contributed by atoms with Gasteiger partial charge >= 0.3 is 0 Å². The average molecular weight is 277 g/mol. The minimum Gasteiger partial charge on any atom is -0.329 e. The van der Waals surface area contributed by atoms with Crippen molar-refractivity contribution in [1.29, 1.82) is 0 Å². The van der Waals surface area contributed by atoms with Crippen LogP contribution in [-0.2, 0) is 6.42 Å². The van der Waals surface area contributed by atoms with Crippen LogP contribution in [0.1, 0.15) is 32.8 Å². The van der Waals surface area contributed by atoms with Crippen molar-refractivity contribution in [3.05, 3.63) is 35.9 Å². The molecule has 3 nitrogen and oxygen atoms in total. The van der Waals surface area contributed by atoms with Crippen LogP contribution in [0, 0.1) is 0 Å². The SMILES string of the molecule is CCN(CC)CCNC(C)(CN)CCc1ccccc1. The molecule has 1 unspecified atom stereocenters. The smallest absolute Gasteiger partial charge is 0.0279 e. The van der Waals surface area contributed by atoms with E-state index in [1.54, 1.807) is 0 Å². The monoisotopic (exact) mass is 277 g/mol. The van der Waals surface area contributed by atoms with E-state index in [1.165, 1.54) is 5.56 Å². The summed E-state index contributed by atoms with van der Waals surface area (Å²) in [6, 6.07) is 10.6. The number of benzene rings is 1. The zero-order valence-corrected chi connectivity index (χ0v) is 13.4. The lowest BCUT2D eigenvalue weighted by Crippen LogP contribution is -2.51. The van der Waals surface area contributed by atoms with E-state index in [-0.39, 0.29) is 5.54 Å². The van der Waals surface area contributed by atoms with Gasteiger partial charge in [-0.3, -0.25) is 0 Å². The van der Waals surface area contributed by atoms with Gasteiger partial charge in [0.1, 0.15) is 0 Å². The lowest BCUT2D eigenvalue weighted by molar-refractivity contribution is 0.269. The molecule has 0 aliphatic rings. The number of nitrogens with zero attached hydrogens (tertiary/aromatic N) is 1. The molecule has 0 saturated heterocycles. The molecule has 0 amide bonds. The maximum absolute atomic E-state index is 5.98. The van der Waals surface area contributed by atoms with E-state index in [4.69, 9.17) is 5.73 Å². The van der Waals surface area contributed by atoms with Gasteiger partial charge in [0.2, 0.25) is 0 Å². The molecule has 1 aromatic carbocycles. The van der Waals surface area contributed by atoms with Crippen molar-refractivity contribution < 1.29 is 0 Å². The highest BCUT2D eigenvalue weighted by molar-refractivity contribution is 5.15. The second-order valence-corrected chi connectivity index (χ2v) is 5.70. The fraction of sp³-hybridized carbons (Fsp3) is 0.647. The molecule has 0 fully saturated rings. The number of hydrogen-bond donors (Lipinski definition) is 2. The Bertz CT molecular complexity index is 349. The zero-order valence-electron chi connectivity index (χ0n) is 13.4. The molecule has 114 valence electrons. The topological polar surface area (TPSA) is 41.3 Å². The first kappa shape index (κ1) is 17.2. The summed E-state index contributed by atoms with van der Waals surface area (Å²) in [5, 5.41) is 3.65. The van der Waals surface area contributed by atoms with Crippen LogP contribution in [0.3, 0.4) is 0 Å². The molecule has 0 radical (unpaired) electrons. The third-order valence-corrected chi connectivity index (χ3v) is 4.13. The van der Waals surface area contributed by atoms with Crippen molar-refractivity contribution in [2.75, 3.05) is 32.7 Å². The first-order valence-electron chi connectivity index (χ1n) is 7.85. The van der Waals surface area contributed by atoms with Gasteiger partial charge in [-0.2, -0.15) is 0 Å². The molecule has 20 heavy (non-hydrogen) atoms. The van der Waals surface area contributed by atoms with Crippen molar-refractivity contribution in [2.24, 2.45) is 5.73 Å². The molecule has 0 aromatic heterocycles. The summed E-state index contributed by atoms with van der Waals surface area (Å²) < 4.78 is 0. The fourth-order valence-corrected chi connectivity index (χ4v) is 2.38. The first-order chi connectivity index (χ1) is 9.63. The predicted molar refractivity (Wildman–Crippen MR) is 88.0 cm³/mol. The molecule has 0 spiro atoms. The third kappa shape index (κ3) is 6.04. The largest absolute Gasteiger partial charge is 0.329 e. The van der Waals surface area contributed by atoms with E-state index in [1.807, 2.05) is 0 Å². The lowest BCUT2D eigenvalue weighted by Gasteiger charge is -2.31. The minimum absolute atomic E-state index is 0.0307. The zero-order chi connectivity index (χ0) is 14.8. The van der Waals surface area contributed by atoms with Crippen LogP contribution in [-0.4, -0.2) is 43.2 Å². The predicted octanol–water partition coefficient (Wildman–Crippen LogP) is 2.27. The second-order valence-electron chi connectivity index (χ2n) is 5.70. The maximum Gasteiger partial charge on any atom is 0.0279 e.